The summed E-state index contributed by atoms with van der Waals surface area (Å²) in [6, 6.07) is 0.555. The van der Waals surface area contributed by atoms with Crippen LogP contribution in [0.1, 0.15) is 10.4 Å². The zero-order chi connectivity index (χ0) is 13.5. The molecule has 0 radical (unpaired) electrons. The van der Waals surface area contributed by atoms with Crippen LogP contribution < -0.4 is 5.32 Å². The van der Waals surface area contributed by atoms with Gasteiger partial charge in [0.1, 0.15) is 0 Å². The second kappa shape index (κ2) is 7.30. The Morgan fingerprint density at radius 1 is 1.67 bits per heavy atom. The molecule has 1 rings (SSSR count). The smallest absolute Gasteiger partial charge is 0.328 e. The van der Waals surface area contributed by atoms with E-state index in [2.05, 4.69) is 27.8 Å². The van der Waals surface area contributed by atoms with Crippen molar-refractivity contribution in [3.8, 4) is 0 Å². The predicted octanol–water partition coefficient (Wildman–Crippen LogP) is 1.90. The van der Waals surface area contributed by atoms with Crippen LogP contribution in [-0.4, -0.2) is 36.2 Å². The number of carboxylic acid groups (broad SMARTS) is 1. The first-order valence-corrected chi connectivity index (χ1v) is 6.68. The predicted molar refractivity (Wildman–Crippen MR) is 71.9 cm³/mol. The Morgan fingerprint density at radius 3 is 2.89 bits per heavy atom. The summed E-state index contributed by atoms with van der Waals surface area (Å²) >= 11 is 4.59. The minimum Gasteiger partial charge on any atom is -0.480 e. The number of carbonyl (C=O) groups excluding carboxylic acids is 1. The quantitative estimate of drug-likeness (QED) is 0.590. The molecule has 1 aromatic rings. The fourth-order valence-corrected chi connectivity index (χ4v) is 2.25. The molecule has 0 aliphatic carbocycles. The van der Waals surface area contributed by atoms with E-state index in [1.165, 1.54) is 17.4 Å². The number of carboxylic acids is 1. The van der Waals surface area contributed by atoms with E-state index in [1.54, 1.807) is 11.4 Å². The lowest BCUT2D eigenvalue weighted by Crippen LogP contribution is -2.43. The number of carbonyl (C=O) groups is 2. The first-order chi connectivity index (χ1) is 8.54. The normalized spacial score (nSPS) is 11.8. The topological polar surface area (TPSA) is 75.6 Å². The summed E-state index contributed by atoms with van der Waals surface area (Å²) in [5.41, 5.74) is 0.418. The van der Waals surface area contributed by atoms with E-state index in [1.807, 2.05) is 0 Å². The lowest BCUT2D eigenvalue weighted by molar-refractivity contribution is -0.140. The number of aliphatic carboxylic acids is 1. The lowest BCUT2D eigenvalue weighted by atomic mass is 10.2. The minimum absolute atomic E-state index is 0.0988. The number of thiophene rings is 1. The van der Waals surface area contributed by atoms with Crippen molar-refractivity contribution in [2.45, 2.75) is 6.04 Å². The maximum absolute atomic E-state index is 11.7. The number of ether oxygens (including phenoxy) is 1. The van der Waals surface area contributed by atoms with Crippen molar-refractivity contribution in [1.82, 2.24) is 5.32 Å². The van der Waals surface area contributed by atoms with Gasteiger partial charge in [0.05, 0.1) is 22.6 Å². The van der Waals surface area contributed by atoms with Gasteiger partial charge in [0, 0.05) is 5.38 Å². The summed E-state index contributed by atoms with van der Waals surface area (Å²) in [4.78, 5) is 22.7. The largest absolute Gasteiger partial charge is 0.480 e. The lowest BCUT2D eigenvalue weighted by Gasteiger charge is -2.13. The molecular weight excluding hydrogens is 322 g/mol. The Morgan fingerprint density at radius 2 is 2.39 bits per heavy atom. The van der Waals surface area contributed by atoms with Gasteiger partial charge in [-0.1, -0.05) is 6.08 Å². The summed E-state index contributed by atoms with van der Waals surface area (Å²) in [5, 5.41) is 13.0. The summed E-state index contributed by atoms with van der Waals surface area (Å²) in [6.45, 7) is 3.59. The molecule has 7 heteroatoms. The Bertz CT molecular complexity index is 446. The highest BCUT2D eigenvalue weighted by molar-refractivity contribution is 9.11. The molecule has 1 amide bonds. The van der Waals surface area contributed by atoms with Crippen LogP contribution in [0.5, 0.6) is 0 Å². The van der Waals surface area contributed by atoms with Gasteiger partial charge in [0.2, 0.25) is 0 Å². The second-order valence-corrected chi connectivity index (χ2v) is 5.62. The first-order valence-electron chi connectivity index (χ1n) is 5.01. The van der Waals surface area contributed by atoms with Gasteiger partial charge in [-0.25, -0.2) is 4.79 Å². The molecule has 1 atom stereocenters. The molecule has 0 saturated carbocycles. The minimum atomic E-state index is -1.14. The van der Waals surface area contributed by atoms with Gasteiger partial charge >= 0.3 is 5.97 Å². The molecule has 0 aliphatic heterocycles. The maximum Gasteiger partial charge on any atom is 0.328 e. The molecule has 2 N–H and O–H groups in total. The standard InChI is InChI=1S/C11H12BrNO4S/c1-2-3-17-5-8(11(15)16)13-10(14)7-4-9(12)18-6-7/h2,4,6,8H,1,3,5H2,(H,13,14)(H,15,16). The Hall–Kier alpha value is -1.18. The molecule has 5 nitrogen and oxygen atoms in total. The molecular formula is C11H12BrNO4S. The molecule has 1 aromatic heterocycles. The third-order valence-electron chi connectivity index (χ3n) is 1.95. The van der Waals surface area contributed by atoms with Gasteiger partial charge in [-0.15, -0.1) is 17.9 Å². The SMILES string of the molecule is C=CCOCC(NC(=O)c1csc(Br)c1)C(=O)O. The summed E-state index contributed by atoms with van der Waals surface area (Å²) in [5.74, 6) is -1.58. The number of rotatable bonds is 7. The molecule has 0 saturated heterocycles. The van der Waals surface area contributed by atoms with Crippen LogP contribution in [0.4, 0.5) is 0 Å². The van der Waals surface area contributed by atoms with Crippen molar-refractivity contribution < 1.29 is 19.4 Å². The van der Waals surface area contributed by atoms with Gasteiger partial charge in [0.15, 0.2) is 6.04 Å². The summed E-state index contributed by atoms with van der Waals surface area (Å²) in [6.07, 6.45) is 1.51. The van der Waals surface area contributed by atoms with Crippen molar-refractivity contribution >= 4 is 39.1 Å². The number of halogens is 1. The average molecular weight is 334 g/mol. The van der Waals surface area contributed by atoms with Gasteiger partial charge in [-0.2, -0.15) is 0 Å². The highest BCUT2D eigenvalue weighted by Crippen LogP contribution is 2.20. The van der Waals surface area contributed by atoms with E-state index in [9.17, 15) is 9.59 Å². The van der Waals surface area contributed by atoms with Crippen molar-refractivity contribution in [3.63, 3.8) is 0 Å². The fourth-order valence-electron chi connectivity index (χ4n) is 1.11. The third-order valence-corrected chi connectivity index (χ3v) is 3.46. The van der Waals surface area contributed by atoms with Crippen LogP contribution in [0.2, 0.25) is 0 Å². The van der Waals surface area contributed by atoms with Gasteiger partial charge in [0.25, 0.3) is 5.91 Å². The Kier molecular flexibility index (Phi) is 6.03. The Balaban J connectivity index is 2.57. The average Bonchev–Trinajstić information content (AvgIpc) is 2.74. The molecule has 0 bridgehead atoms. The van der Waals surface area contributed by atoms with E-state index in [4.69, 9.17) is 9.84 Å². The second-order valence-electron chi connectivity index (χ2n) is 3.33. The number of amides is 1. The van der Waals surface area contributed by atoms with Crippen LogP contribution in [0, 0.1) is 0 Å². The van der Waals surface area contributed by atoms with Crippen molar-refractivity contribution in [3.05, 3.63) is 33.5 Å². The highest BCUT2D eigenvalue weighted by Gasteiger charge is 2.21. The monoisotopic (exact) mass is 333 g/mol. The molecule has 98 valence electrons. The first kappa shape index (κ1) is 14.9. The molecule has 18 heavy (non-hydrogen) atoms. The molecule has 0 aliphatic rings. The number of hydrogen-bond donors (Lipinski definition) is 2. The highest BCUT2D eigenvalue weighted by atomic mass is 79.9. The zero-order valence-electron chi connectivity index (χ0n) is 9.39. The van der Waals surface area contributed by atoms with E-state index >= 15 is 0 Å². The van der Waals surface area contributed by atoms with E-state index in [0.717, 1.165) is 3.79 Å². The maximum atomic E-state index is 11.7. The third kappa shape index (κ3) is 4.59. The van der Waals surface area contributed by atoms with Crippen LogP contribution in [-0.2, 0) is 9.53 Å². The van der Waals surface area contributed by atoms with E-state index in [-0.39, 0.29) is 13.2 Å². The number of hydrogen-bond acceptors (Lipinski definition) is 4. The van der Waals surface area contributed by atoms with Crippen LogP contribution >= 0.6 is 27.3 Å². The number of nitrogens with one attached hydrogen (secondary N) is 1. The van der Waals surface area contributed by atoms with Crippen LogP contribution in [0.25, 0.3) is 0 Å². The van der Waals surface area contributed by atoms with Gasteiger partial charge < -0.3 is 15.2 Å². The van der Waals surface area contributed by atoms with E-state index < -0.39 is 17.9 Å². The summed E-state index contributed by atoms with van der Waals surface area (Å²) < 4.78 is 5.84. The summed E-state index contributed by atoms with van der Waals surface area (Å²) in [7, 11) is 0. The van der Waals surface area contributed by atoms with E-state index in [0.29, 0.717) is 5.56 Å². The Labute approximate surface area is 117 Å². The van der Waals surface area contributed by atoms with Crippen molar-refractivity contribution in [2.24, 2.45) is 0 Å². The van der Waals surface area contributed by atoms with Crippen molar-refractivity contribution in [1.29, 1.82) is 0 Å². The zero-order valence-corrected chi connectivity index (χ0v) is 11.8. The van der Waals surface area contributed by atoms with Crippen LogP contribution in [0.3, 0.4) is 0 Å². The molecule has 1 unspecified atom stereocenters. The van der Waals surface area contributed by atoms with Gasteiger partial charge in [-0.3, -0.25) is 4.79 Å². The molecule has 0 aromatic carbocycles. The molecule has 0 fully saturated rings. The van der Waals surface area contributed by atoms with Gasteiger partial charge in [-0.05, 0) is 22.0 Å². The molecule has 1 heterocycles. The fraction of sp³-hybridized carbons (Fsp3) is 0.273. The molecule has 0 spiro atoms. The van der Waals surface area contributed by atoms with Crippen molar-refractivity contribution in [2.75, 3.05) is 13.2 Å². The van der Waals surface area contributed by atoms with Crippen LogP contribution in [0.15, 0.2) is 27.9 Å².